The predicted molar refractivity (Wildman–Crippen MR) is 113 cm³/mol. The van der Waals surface area contributed by atoms with E-state index in [2.05, 4.69) is 4.90 Å². The van der Waals surface area contributed by atoms with Crippen LogP contribution in [0.3, 0.4) is 0 Å². The van der Waals surface area contributed by atoms with Crippen LogP contribution in [0.25, 0.3) is 0 Å². The van der Waals surface area contributed by atoms with E-state index in [0.29, 0.717) is 30.2 Å². The van der Waals surface area contributed by atoms with Crippen molar-refractivity contribution in [3.8, 4) is 23.0 Å². The Balaban J connectivity index is 2.12. The second-order valence-corrected chi connectivity index (χ2v) is 7.30. The molecule has 2 aromatic carbocycles. The van der Waals surface area contributed by atoms with Gasteiger partial charge in [-0.15, -0.1) is 0 Å². The molecule has 0 bridgehead atoms. The normalized spacial score (nSPS) is 17.8. The highest BCUT2D eigenvalue weighted by molar-refractivity contribution is 5.70. The molecule has 0 saturated carbocycles. The number of nitrogens with zero attached hydrogens (tertiary/aromatic N) is 1. The molecule has 3 rings (SSSR count). The largest absolute Gasteiger partial charge is 0.497 e. The van der Waals surface area contributed by atoms with Crippen LogP contribution in [0, 0.1) is 5.92 Å². The fourth-order valence-corrected chi connectivity index (χ4v) is 4.08. The van der Waals surface area contributed by atoms with Crippen molar-refractivity contribution in [3.63, 3.8) is 0 Å². The molecule has 7 heteroatoms. The van der Waals surface area contributed by atoms with E-state index in [0.717, 1.165) is 29.8 Å². The maximum absolute atomic E-state index is 11.7. The van der Waals surface area contributed by atoms with Gasteiger partial charge in [0.1, 0.15) is 11.5 Å². The van der Waals surface area contributed by atoms with Gasteiger partial charge in [0, 0.05) is 18.2 Å². The van der Waals surface area contributed by atoms with E-state index in [9.17, 15) is 9.90 Å². The number of carbonyl (C=O) groups is 1. The molecule has 0 spiro atoms. The first-order valence-electron chi connectivity index (χ1n) is 9.93. The van der Waals surface area contributed by atoms with Gasteiger partial charge >= 0.3 is 5.97 Å². The number of piperidine rings is 1. The van der Waals surface area contributed by atoms with Gasteiger partial charge in [0.25, 0.3) is 0 Å². The van der Waals surface area contributed by atoms with Gasteiger partial charge < -0.3 is 24.1 Å². The Morgan fingerprint density at radius 2 is 1.60 bits per heavy atom. The molecule has 1 aliphatic heterocycles. The molecule has 1 heterocycles. The van der Waals surface area contributed by atoms with Crippen molar-refractivity contribution in [2.24, 2.45) is 5.92 Å². The number of carboxylic acid groups (broad SMARTS) is 1. The van der Waals surface area contributed by atoms with Gasteiger partial charge in [0.05, 0.1) is 40.4 Å². The van der Waals surface area contributed by atoms with Crippen molar-refractivity contribution in [1.82, 2.24) is 4.90 Å². The second-order valence-electron chi connectivity index (χ2n) is 7.30. The number of methoxy groups -OCH3 is 4. The number of hydrogen-bond donors (Lipinski definition) is 1. The van der Waals surface area contributed by atoms with Crippen molar-refractivity contribution >= 4 is 5.97 Å². The summed E-state index contributed by atoms with van der Waals surface area (Å²) < 4.78 is 22.0. The van der Waals surface area contributed by atoms with E-state index in [1.165, 1.54) is 0 Å². The monoisotopic (exact) mass is 415 g/mol. The van der Waals surface area contributed by atoms with Crippen LogP contribution in [0.15, 0.2) is 36.4 Å². The number of carboxylic acids is 1. The SMILES string of the molecule is COc1ccc(C(c2cc(OC)c(OC)cc2OC)N2CCCC(C(=O)O)C2)cc1. The zero-order valence-electron chi connectivity index (χ0n) is 17.9. The minimum Gasteiger partial charge on any atom is -0.497 e. The molecule has 0 radical (unpaired) electrons. The van der Waals surface area contributed by atoms with Crippen molar-refractivity contribution in [2.75, 3.05) is 41.5 Å². The average molecular weight is 415 g/mol. The number of ether oxygens (including phenoxy) is 4. The predicted octanol–water partition coefficient (Wildman–Crippen LogP) is 3.61. The molecule has 2 atom stereocenters. The molecule has 1 fully saturated rings. The van der Waals surface area contributed by atoms with Gasteiger partial charge in [-0.1, -0.05) is 12.1 Å². The number of aliphatic carboxylic acids is 1. The topological polar surface area (TPSA) is 77.5 Å². The third kappa shape index (κ3) is 4.46. The summed E-state index contributed by atoms with van der Waals surface area (Å²) in [7, 11) is 6.43. The van der Waals surface area contributed by atoms with E-state index < -0.39 is 11.9 Å². The quantitative estimate of drug-likeness (QED) is 0.706. The molecule has 7 nitrogen and oxygen atoms in total. The Bertz CT molecular complexity index is 867. The molecular formula is C23H29NO6. The lowest BCUT2D eigenvalue weighted by Crippen LogP contribution is -2.41. The second kappa shape index (κ2) is 9.71. The molecular weight excluding hydrogens is 386 g/mol. The average Bonchev–Trinajstić information content (AvgIpc) is 2.79. The standard InChI is InChI=1S/C23H29NO6/c1-27-17-9-7-15(8-10-17)22(24-11-5-6-16(14-24)23(25)26)18-12-20(29-3)21(30-4)13-19(18)28-2/h7-10,12-13,16,22H,5-6,11,14H2,1-4H3,(H,25,26). The van der Waals surface area contributed by atoms with Crippen molar-refractivity contribution in [1.29, 1.82) is 0 Å². The summed E-state index contributed by atoms with van der Waals surface area (Å²) in [6.07, 6.45) is 1.50. The molecule has 0 aromatic heterocycles. The minimum atomic E-state index is -0.757. The minimum absolute atomic E-state index is 0.201. The molecule has 30 heavy (non-hydrogen) atoms. The Labute approximate surface area is 177 Å². The van der Waals surface area contributed by atoms with Gasteiger partial charge in [0.2, 0.25) is 0 Å². The smallest absolute Gasteiger partial charge is 0.307 e. The van der Waals surface area contributed by atoms with E-state index >= 15 is 0 Å². The summed E-state index contributed by atoms with van der Waals surface area (Å²) in [5.74, 6) is 1.44. The Kier molecular flexibility index (Phi) is 7.05. The molecule has 1 aliphatic rings. The lowest BCUT2D eigenvalue weighted by molar-refractivity contribution is -0.143. The van der Waals surface area contributed by atoms with Gasteiger partial charge in [0.15, 0.2) is 11.5 Å². The van der Waals surface area contributed by atoms with Crippen LogP contribution in [-0.2, 0) is 4.79 Å². The first kappa shape index (κ1) is 21.8. The first-order valence-corrected chi connectivity index (χ1v) is 9.93. The van der Waals surface area contributed by atoms with E-state index in [4.69, 9.17) is 18.9 Å². The highest BCUT2D eigenvalue weighted by atomic mass is 16.5. The van der Waals surface area contributed by atoms with Crippen LogP contribution in [-0.4, -0.2) is 57.5 Å². The van der Waals surface area contributed by atoms with Gasteiger partial charge in [-0.3, -0.25) is 9.69 Å². The number of hydrogen-bond acceptors (Lipinski definition) is 6. The van der Waals surface area contributed by atoms with Crippen LogP contribution in [0.2, 0.25) is 0 Å². The van der Waals surface area contributed by atoms with Gasteiger partial charge in [-0.2, -0.15) is 0 Å². The summed E-state index contributed by atoms with van der Waals surface area (Å²) in [6.45, 7) is 1.25. The Hall–Kier alpha value is -2.93. The zero-order chi connectivity index (χ0) is 21.7. The Morgan fingerprint density at radius 1 is 0.967 bits per heavy atom. The van der Waals surface area contributed by atoms with E-state index in [-0.39, 0.29) is 6.04 Å². The molecule has 1 saturated heterocycles. The first-order chi connectivity index (χ1) is 14.5. The summed E-state index contributed by atoms with van der Waals surface area (Å²) >= 11 is 0. The molecule has 2 aromatic rings. The van der Waals surface area contributed by atoms with Crippen molar-refractivity contribution in [3.05, 3.63) is 47.5 Å². The third-order valence-electron chi connectivity index (χ3n) is 5.63. The van der Waals surface area contributed by atoms with E-state index in [1.807, 2.05) is 36.4 Å². The lowest BCUT2D eigenvalue weighted by Gasteiger charge is -2.38. The third-order valence-corrected chi connectivity index (χ3v) is 5.63. The Morgan fingerprint density at radius 3 is 2.17 bits per heavy atom. The van der Waals surface area contributed by atoms with Crippen molar-refractivity contribution < 1.29 is 28.8 Å². The van der Waals surface area contributed by atoms with Crippen LogP contribution in [0.5, 0.6) is 23.0 Å². The summed E-state index contributed by atoms with van der Waals surface area (Å²) in [6, 6.07) is 11.4. The van der Waals surface area contributed by atoms with Gasteiger partial charge in [-0.25, -0.2) is 0 Å². The van der Waals surface area contributed by atoms with E-state index in [1.54, 1.807) is 28.4 Å². The highest BCUT2D eigenvalue weighted by Crippen LogP contribution is 2.43. The molecule has 0 amide bonds. The zero-order valence-corrected chi connectivity index (χ0v) is 17.9. The van der Waals surface area contributed by atoms with Crippen LogP contribution >= 0.6 is 0 Å². The van der Waals surface area contributed by atoms with Crippen LogP contribution < -0.4 is 18.9 Å². The molecule has 162 valence electrons. The molecule has 1 N–H and O–H groups in total. The summed E-state index contributed by atoms with van der Waals surface area (Å²) in [4.78, 5) is 13.9. The van der Waals surface area contributed by atoms with Crippen LogP contribution in [0.4, 0.5) is 0 Å². The maximum atomic E-state index is 11.7. The number of benzene rings is 2. The fourth-order valence-electron chi connectivity index (χ4n) is 4.08. The summed E-state index contributed by atoms with van der Waals surface area (Å²) in [5, 5.41) is 9.59. The summed E-state index contributed by atoms with van der Waals surface area (Å²) in [5.41, 5.74) is 1.92. The number of likely N-dealkylation sites (tertiary alicyclic amines) is 1. The highest BCUT2D eigenvalue weighted by Gasteiger charge is 2.33. The number of rotatable bonds is 8. The maximum Gasteiger partial charge on any atom is 0.307 e. The van der Waals surface area contributed by atoms with Crippen LogP contribution in [0.1, 0.15) is 30.0 Å². The van der Waals surface area contributed by atoms with Crippen molar-refractivity contribution in [2.45, 2.75) is 18.9 Å². The fraction of sp³-hybridized carbons (Fsp3) is 0.435. The molecule has 2 unspecified atom stereocenters. The lowest BCUT2D eigenvalue weighted by atomic mass is 9.90. The molecule has 0 aliphatic carbocycles. The van der Waals surface area contributed by atoms with Gasteiger partial charge in [-0.05, 0) is 43.1 Å².